The van der Waals surface area contributed by atoms with Crippen LogP contribution in [0, 0.1) is 0 Å². The van der Waals surface area contributed by atoms with Crippen LogP contribution < -0.4 is 0 Å². The van der Waals surface area contributed by atoms with Gasteiger partial charge >= 0.3 is 7.82 Å². The van der Waals surface area contributed by atoms with E-state index in [1.54, 1.807) is 0 Å². The molecule has 2 N–H and O–H groups in total. The summed E-state index contributed by atoms with van der Waals surface area (Å²) in [7, 11) is -4.40. The molecule has 0 fully saturated rings. The van der Waals surface area contributed by atoms with Gasteiger partial charge in [-0.25, -0.2) is 4.57 Å². The molecule has 0 aromatic carbocycles. The van der Waals surface area contributed by atoms with Gasteiger partial charge in [-0.2, -0.15) is 0 Å². The Kier molecular flexibility index (Phi) is 5.70. The minimum atomic E-state index is -4.40. The second kappa shape index (κ2) is 5.67. The van der Waals surface area contributed by atoms with Crippen molar-refractivity contribution in [3.8, 4) is 0 Å². The summed E-state index contributed by atoms with van der Waals surface area (Å²) < 4.78 is 19.4. The summed E-state index contributed by atoms with van der Waals surface area (Å²) in [6.45, 7) is 3.91. The van der Waals surface area contributed by atoms with Gasteiger partial charge in [0.2, 0.25) is 0 Å². The molecule has 74 valence electrons. The Morgan fingerprint density at radius 3 is 2.50 bits per heavy atom. The fraction of sp³-hybridized carbons (Fsp3) is 1.00. The van der Waals surface area contributed by atoms with E-state index < -0.39 is 14.1 Å². The minimum absolute atomic E-state index is 0.456. The number of ether oxygens (including phenoxy) is 1. The van der Waals surface area contributed by atoms with E-state index in [0.717, 1.165) is 12.8 Å². The van der Waals surface area contributed by atoms with Crippen molar-refractivity contribution >= 4 is 7.82 Å². The first kappa shape index (κ1) is 12.1. The average molecular weight is 198 g/mol. The summed E-state index contributed by atoms with van der Waals surface area (Å²) >= 11 is 0. The van der Waals surface area contributed by atoms with Crippen LogP contribution in [0.1, 0.15) is 26.7 Å². The molecule has 6 heteroatoms. The van der Waals surface area contributed by atoms with E-state index in [0.29, 0.717) is 6.61 Å². The van der Waals surface area contributed by atoms with E-state index in [-0.39, 0.29) is 0 Å². The lowest BCUT2D eigenvalue weighted by Gasteiger charge is -2.13. The lowest BCUT2D eigenvalue weighted by molar-refractivity contribution is -0.0800. The fourth-order valence-electron chi connectivity index (χ4n) is 0.617. The standard InChI is InChI=1S/C6H15O5P/c1-3-4-5-10-6(2)11-12(7,8)9/h6H,3-5H2,1-2H3,(H2,7,8,9). The van der Waals surface area contributed by atoms with Crippen molar-refractivity contribution in [3.05, 3.63) is 0 Å². The number of hydrogen-bond acceptors (Lipinski definition) is 3. The van der Waals surface area contributed by atoms with Crippen molar-refractivity contribution in [2.45, 2.75) is 33.0 Å². The van der Waals surface area contributed by atoms with Gasteiger partial charge in [-0.15, -0.1) is 0 Å². The molecule has 1 atom stereocenters. The van der Waals surface area contributed by atoms with Gasteiger partial charge < -0.3 is 14.5 Å². The molecule has 0 saturated carbocycles. The molecule has 0 bridgehead atoms. The Bertz CT molecular complexity index is 154. The monoisotopic (exact) mass is 198 g/mol. The normalized spacial score (nSPS) is 14.7. The summed E-state index contributed by atoms with van der Waals surface area (Å²) in [4.78, 5) is 16.7. The quantitative estimate of drug-likeness (QED) is 0.381. The maximum atomic E-state index is 10.3. The lowest BCUT2D eigenvalue weighted by atomic mass is 10.4. The number of phosphoric acid groups is 1. The van der Waals surface area contributed by atoms with Gasteiger partial charge in [0.05, 0.1) is 0 Å². The SMILES string of the molecule is CCCCOC(C)OP(=O)(O)O. The molecule has 0 amide bonds. The zero-order valence-electron chi connectivity index (χ0n) is 7.27. The second-order valence-electron chi connectivity index (χ2n) is 2.39. The van der Waals surface area contributed by atoms with Crippen LogP contribution in [0.25, 0.3) is 0 Å². The Morgan fingerprint density at radius 2 is 2.08 bits per heavy atom. The molecule has 0 aliphatic heterocycles. The third-order valence-electron chi connectivity index (χ3n) is 1.14. The Balaban J connectivity index is 3.46. The van der Waals surface area contributed by atoms with Crippen LogP contribution >= 0.6 is 7.82 Å². The van der Waals surface area contributed by atoms with Crippen LogP contribution in [-0.2, 0) is 13.8 Å². The molecule has 0 heterocycles. The molecule has 0 aromatic rings. The van der Waals surface area contributed by atoms with Crippen molar-refractivity contribution in [2.75, 3.05) is 6.61 Å². The predicted octanol–water partition coefficient (Wildman–Crippen LogP) is 1.26. The highest BCUT2D eigenvalue weighted by atomic mass is 31.2. The summed E-state index contributed by atoms with van der Waals surface area (Å²) in [5.41, 5.74) is 0. The second-order valence-corrected chi connectivity index (χ2v) is 3.58. The van der Waals surface area contributed by atoms with Crippen molar-refractivity contribution in [3.63, 3.8) is 0 Å². The predicted molar refractivity (Wildman–Crippen MR) is 43.5 cm³/mol. The van der Waals surface area contributed by atoms with Gasteiger partial charge in [-0.1, -0.05) is 13.3 Å². The topological polar surface area (TPSA) is 76.0 Å². The Labute approximate surface area is 71.9 Å². The van der Waals surface area contributed by atoms with E-state index in [4.69, 9.17) is 14.5 Å². The minimum Gasteiger partial charge on any atom is -0.352 e. The van der Waals surface area contributed by atoms with E-state index in [1.807, 2.05) is 6.92 Å². The molecular weight excluding hydrogens is 183 g/mol. The molecule has 5 nitrogen and oxygen atoms in total. The number of hydrogen-bond donors (Lipinski definition) is 2. The number of rotatable bonds is 6. The fourth-order valence-corrected chi connectivity index (χ4v) is 1.07. The van der Waals surface area contributed by atoms with Crippen LogP contribution in [0.15, 0.2) is 0 Å². The third-order valence-corrected chi connectivity index (χ3v) is 1.71. The first-order valence-electron chi connectivity index (χ1n) is 3.81. The highest BCUT2D eigenvalue weighted by Gasteiger charge is 2.18. The van der Waals surface area contributed by atoms with E-state index in [1.165, 1.54) is 6.92 Å². The zero-order valence-corrected chi connectivity index (χ0v) is 8.16. The molecule has 12 heavy (non-hydrogen) atoms. The molecule has 0 saturated heterocycles. The van der Waals surface area contributed by atoms with Crippen LogP contribution in [0.2, 0.25) is 0 Å². The Hall–Kier alpha value is 0.0700. The largest absolute Gasteiger partial charge is 0.471 e. The molecular formula is C6H15O5P. The molecule has 1 unspecified atom stereocenters. The van der Waals surface area contributed by atoms with Gasteiger partial charge in [-0.05, 0) is 13.3 Å². The van der Waals surface area contributed by atoms with Crippen LogP contribution in [0.5, 0.6) is 0 Å². The van der Waals surface area contributed by atoms with Crippen LogP contribution in [0.3, 0.4) is 0 Å². The molecule has 0 aromatic heterocycles. The number of unbranched alkanes of at least 4 members (excludes halogenated alkanes) is 1. The van der Waals surface area contributed by atoms with Crippen molar-refractivity contribution in [1.82, 2.24) is 0 Å². The average Bonchev–Trinajstić information content (AvgIpc) is 1.84. The summed E-state index contributed by atoms with van der Waals surface area (Å²) in [5, 5.41) is 0. The summed E-state index contributed by atoms with van der Waals surface area (Å²) in [6.07, 6.45) is 0.981. The summed E-state index contributed by atoms with van der Waals surface area (Å²) in [5.74, 6) is 0. The molecule has 0 rings (SSSR count). The van der Waals surface area contributed by atoms with E-state index in [2.05, 4.69) is 4.52 Å². The number of phosphoric ester groups is 1. The molecule has 0 spiro atoms. The van der Waals surface area contributed by atoms with Gasteiger partial charge in [0, 0.05) is 6.61 Å². The van der Waals surface area contributed by atoms with Crippen molar-refractivity contribution in [2.24, 2.45) is 0 Å². The smallest absolute Gasteiger partial charge is 0.352 e. The van der Waals surface area contributed by atoms with Gasteiger partial charge in [0.1, 0.15) is 0 Å². The van der Waals surface area contributed by atoms with E-state index >= 15 is 0 Å². The maximum Gasteiger partial charge on any atom is 0.471 e. The maximum absolute atomic E-state index is 10.3. The van der Waals surface area contributed by atoms with E-state index in [9.17, 15) is 4.57 Å². The van der Waals surface area contributed by atoms with Gasteiger partial charge in [0.25, 0.3) is 0 Å². The summed E-state index contributed by atoms with van der Waals surface area (Å²) in [6, 6.07) is 0. The van der Waals surface area contributed by atoms with Crippen LogP contribution in [0.4, 0.5) is 0 Å². The molecule has 0 aliphatic rings. The first-order valence-corrected chi connectivity index (χ1v) is 5.34. The highest BCUT2D eigenvalue weighted by molar-refractivity contribution is 7.46. The highest BCUT2D eigenvalue weighted by Crippen LogP contribution is 2.37. The molecule has 0 radical (unpaired) electrons. The zero-order chi connectivity index (χ0) is 9.61. The van der Waals surface area contributed by atoms with Gasteiger partial charge in [0.15, 0.2) is 6.29 Å². The first-order chi connectivity index (χ1) is 5.45. The van der Waals surface area contributed by atoms with Crippen molar-refractivity contribution in [1.29, 1.82) is 0 Å². The van der Waals surface area contributed by atoms with Crippen molar-refractivity contribution < 1.29 is 23.6 Å². The Morgan fingerprint density at radius 1 is 1.50 bits per heavy atom. The molecule has 0 aliphatic carbocycles. The van der Waals surface area contributed by atoms with Crippen LogP contribution in [-0.4, -0.2) is 22.7 Å². The van der Waals surface area contributed by atoms with Gasteiger partial charge in [-0.3, -0.25) is 4.52 Å². The lowest BCUT2D eigenvalue weighted by Crippen LogP contribution is -2.12. The third kappa shape index (κ3) is 8.17.